The van der Waals surface area contributed by atoms with Crippen LogP contribution in [0.5, 0.6) is 0 Å². The van der Waals surface area contributed by atoms with Crippen LogP contribution in [0.3, 0.4) is 0 Å². The third-order valence-electron chi connectivity index (χ3n) is 5.97. The standard InChI is InChI=1S/C25H48O5/c1-2-3-4-5-6-7-8-9-10-11-12-13-14-15-16-17-18-19-29-23(20-26)25-24(28)22(27)21-30-25/h7-8,22-28H,2-6,9-21H2,1H3/b8-7+/t22-,23+,24+,25+/m1/s1. The second-order valence-corrected chi connectivity index (χ2v) is 8.74. The molecule has 1 aliphatic heterocycles. The van der Waals surface area contributed by atoms with Gasteiger partial charge in [0.05, 0.1) is 13.2 Å². The van der Waals surface area contributed by atoms with Crippen molar-refractivity contribution in [3.63, 3.8) is 0 Å². The van der Waals surface area contributed by atoms with Crippen molar-refractivity contribution in [2.24, 2.45) is 0 Å². The topological polar surface area (TPSA) is 79.2 Å². The van der Waals surface area contributed by atoms with Crippen molar-refractivity contribution >= 4 is 0 Å². The molecule has 1 saturated heterocycles. The van der Waals surface area contributed by atoms with Crippen LogP contribution >= 0.6 is 0 Å². The molecule has 0 amide bonds. The molecule has 0 aromatic rings. The van der Waals surface area contributed by atoms with Crippen molar-refractivity contribution in [3.05, 3.63) is 12.2 Å². The van der Waals surface area contributed by atoms with E-state index in [0.29, 0.717) is 6.61 Å². The summed E-state index contributed by atoms with van der Waals surface area (Å²) in [5, 5.41) is 28.8. The third kappa shape index (κ3) is 13.1. The summed E-state index contributed by atoms with van der Waals surface area (Å²) < 4.78 is 11.0. The first kappa shape index (κ1) is 27.6. The number of aliphatic hydroxyl groups excluding tert-OH is 3. The van der Waals surface area contributed by atoms with E-state index in [1.54, 1.807) is 0 Å². The molecule has 0 saturated carbocycles. The molecule has 178 valence electrons. The second kappa shape index (κ2) is 19.2. The van der Waals surface area contributed by atoms with Crippen molar-refractivity contribution in [3.8, 4) is 0 Å². The molecule has 5 heteroatoms. The van der Waals surface area contributed by atoms with Crippen LogP contribution in [0, 0.1) is 0 Å². The maximum Gasteiger partial charge on any atom is 0.114 e. The van der Waals surface area contributed by atoms with E-state index >= 15 is 0 Å². The highest BCUT2D eigenvalue weighted by atomic mass is 16.6. The minimum Gasteiger partial charge on any atom is -0.394 e. The van der Waals surface area contributed by atoms with Gasteiger partial charge in [-0.25, -0.2) is 0 Å². The van der Waals surface area contributed by atoms with Gasteiger partial charge in [-0.1, -0.05) is 83.3 Å². The van der Waals surface area contributed by atoms with Gasteiger partial charge < -0.3 is 24.8 Å². The zero-order chi connectivity index (χ0) is 21.9. The van der Waals surface area contributed by atoms with Gasteiger partial charge >= 0.3 is 0 Å². The van der Waals surface area contributed by atoms with Crippen LogP contribution < -0.4 is 0 Å². The number of hydrogen-bond acceptors (Lipinski definition) is 5. The average molecular weight is 429 g/mol. The number of allylic oxidation sites excluding steroid dienone is 2. The Hall–Kier alpha value is -0.460. The average Bonchev–Trinajstić information content (AvgIpc) is 3.08. The van der Waals surface area contributed by atoms with E-state index in [-0.39, 0.29) is 13.2 Å². The van der Waals surface area contributed by atoms with E-state index in [1.807, 2.05) is 0 Å². The van der Waals surface area contributed by atoms with Gasteiger partial charge in [0.25, 0.3) is 0 Å². The zero-order valence-corrected chi connectivity index (χ0v) is 19.4. The summed E-state index contributed by atoms with van der Waals surface area (Å²) in [5.41, 5.74) is 0. The van der Waals surface area contributed by atoms with Gasteiger partial charge in [0.15, 0.2) is 0 Å². The summed E-state index contributed by atoms with van der Waals surface area (Å²) in [7, 11) is 0. The Morgan fingerprint density at radius 3 is 1.87 bits per heavy atom. The molecule has 0 aromatic carbocycles. The van der Waals surface area contributed by atoms with Crippen molar-refractivity contribution in [2.45, 2.75) is 128 Å². The largest absolute Gasteiger partial charge is 0.394 e. The number of aliphatic hydroxyl groups is 3. The monoisotopic (exact) mass is 428 g/mol. The van der Waals surface area contributed by atoms with Crippen molar-refractivity contribution in [1.29, 1.82) is 0 Å². The Labute approximate surface area is 184 Å². The Morgan fingerprint density at radius 1 is 0.833 bits per heavy atom. The van der Waals surface area contributed by atoms with Crippen molar-refractivity contribution < 1.29 is 24.8 Å². The number of ether oxygens (including phenoxy) is 2. The van der Waals surface area contributed by atoms with Crippen LogP contribution in [0.1, 0.15) is 103 Å². The molecule has 0 spiro atoms. The Balaban J connectivity index is 1.83. The molecule has 1 rings (SSSR count). The van der Waals surface area contributed by atoms with Crippen LogP contribution in [-0.2, 0) is 9.47 Å². The highest BCUT2D eigenvalue weighted by Crippen LogP contribution is 2.20. The van der Waals surface area contributed by atoms with E-state index in [1.165, 1.54) is 83.5 Å². The normalized spacial score (nSPS) is 22.9. The van der Waals surface area contributed by atoms with E-state index in [4.69, 9.17) is 9.47 Å². The number of hydrogen-bond donors (Lipinski definition) is 3. The maximum absolute atomic E-state index is 9.84. The minimum absolute atomic E-state index is 0.0987. The van der Waals surface area contributed by atoms with Gasteiger partial charge in [-0.15, -0.1) is 0 Å². The molecule has 1 aliphatic rings. The first-order valence-corrected chi connectivity index (χ1v) is 12.6. The molecule has 0 aromatic heterocycles. The Bertz CT molecular complexity index is 401. The van der Waals surface area contributed by atoms with Crippen LogP contribution in [0.2, 0.25) is 0 Å². The lowest BCUT2D eigenvalue weighted by atomic mass is 10.1. The van der Waals surface area contributed by atoms with E-state index in [0.717, 1.165) is 12.8 Å². The lowest BCUT2D eigenvalue weighted by Gasteiger charge is -2.24. The molecule has 0 radical (unpaired) electrons. The summed E-state index contributed by atoms with van der Waals surface area (Å²) in [4.78, 5) is 0. The second-order valence-electron chi connectivity index (χ2n) is 8.74. The van der Waals surface area contributed by atoms with Gasteiger partial charge in [-0.05, 0) is 32.1 Å². The molecule has 0 aliphatic carbocycles. The highest BCUT2D eigenvalue weighted by Gasteiger charge is 2.40. The molecule has 0 bridgehead atoms. The fourth-order valence-electron chi connectivity index (χ4n) is 3.97. The summed E-state index contributed by atoms with van der Waals surface area (Å²) in [5.74, 6) is 0. The molecule has 3 N–H and O–H groups in total. The van der Waals surface area contributed by atoms with Crippen molar-refractivity contribution in [2.75, 3.05) is 19.8 Å². The summed E-state index contributed by atoms with van der Waals surface area (Å²) in [6.07, 6.45) is 20.8. The summed E-state index contributed by atoms with van der Waals surface area (Å²) in [6, 6.07) is 0. The number of rotatable bonds is 20. The molecule has 5 nitrogen and oxygen atoms in total. The Morgan fingerprint density at radius 2 is 1.37 bits per heavy atom. The van der Waals surface area contributed by atoms with Gasteiger partial charge in [0.1, 0.15) is 24.4 Å². The predicted molar refractivity (Wildman–Crippen MR) is 123 cm³/mol. The van der Waals surface area contributed by atoms with Crippen LogP contribution in [0.4, 0.5) is 0 Å². The fraction of sp³-hybridized carbons (Fsp3) is 0.920. The first-order valence-electron chi connectivity index (χ1n) is 12.6. The molecular weight excluding hydrogens is 380 g/mol. The van der Waals surface area contributed by atoms with E-state index < -0.39 is 24.4 Å². The van der Waals surface area contributed by atoms with Crippen molar-refractivity contribution in [1.82, 2.24) is 0 Å². The predicted octanol–water partition coefficient (Wildman–Crippen LogP) is 4.91. The van der Waals surface area contributed by atoms with Crippen LogP contribution in [0.25, 0.3) is 0 Å². The molecule has 1 heterocycles. The molecule has 30 heavy (non-hydrogen) atoms. The maximum atomic E-state index is 9.84. The smallest absolute Gasteiger partial charge is 0.114 e. The third-order valence-corrected chi connectivity index (χ3v) is 5.97. The lowest BCUT2D eigenvalue weighted by Crippen LogP contribution is -2.42. The van der Waals surface area contributed by atoms with Crippen LogP contribution in [0.15, 0.2) is 12.2 Å². The molecule has 0 unspecified atom stereocenters. The SMILES string of the molecule is CCCCCC/C=C/CCCCCCCCCCCO[C@@H](CO)[C@@H]1OC[C@@H](O)[C@@H]1O. The number of unbranched alkanes of at least 4 members (excludes halogenated alkanes) is 13. The highest BCUT2D eigenvalue weighted by molar-refractivity contribution is 4.88. The van der Waals surface area contributed by atoms with Crippen LogP contribution in [-0.4, -0.2) is 59.6 Å². The quantitative estimate of drug-likeness (QED) is 0.190. The van der Waals surface area contributed by atoms with Gasteiger partial charge in [0.2, 0.25) is 0 Å². The Kier molecular flexibility index (Phi) is 17.7. The molecule has 4 atom stereocenters. The first-order chi connectivity index (χ1) is 14.7. The van der Waals surface area contributed by atoms with E-state index in [9.17, 15) is 15.3 Å². The lowest BCUT2D eigenvalue weighted by molar-refractivity contribution is -0.101. The molecular formula is C25H48O5. The fourth-order valence-corrected chi connectivity index (χ4v) is 3.97. The van der Waals surface area contributed by atoms with E-state index in [2.05, 4.69) is 19.1 Å². The van der Waals surface area contributed by atoms with Gasteiger partial charge in [-0.2, -0.15) is 0 Å². The summed E-state index contributed by atoms with van der Waals surface area (Å²) >= 11 is 0. The molecule has 1 fully saturated rings. The van der Waals surface area contributed by atoms with Gasteiger partial charge in [-0.3, -0.25) is 0 Å². The van der Waals surface area contributed by atoms with Gasteiger partial charge in [0, 0.05) is 6.61 Å². The summed E-state index contributed by atoms with van der Waals surface area (Å²) in [6.45, 7) is 2.71. The minimum atomic E-state index is -0.978. The zero-order valence-electron chi connectivity index (χ0n) is 19.4.